The predicted octanol–water partition coefficient (Wildman–Crippen LogP) is 4.56. The SMILES string of the molecule is Cc1nc(SC(C)C(=O)Nc2ccc(Br)cc2)n(CC2CCCO2)c1C. The zero-order valence-electron chi connectivity index (χ0n) is 15.3. The highest BCUT2D eigenvalue weighted by molar-refractivity contribution is 9.10. The Morgan fingerprint density at radius 3 is 2.81 bits per heavy atom. The van der Waals surface area contributed by atoms with Gasteiger partial charge in [0.15, 0.2) is 5.16 Å². The summed E-state index contributed by atoms with van der Waals surface area (Å²) < 4.78 is 8.96. The van der Waals surface area contributed by atoms with E-state index in [1.54, 1.807) is 0 Å². The van der Waals surface area contributed by atoms with E-state index < -0.39 is 0 Å². The van der Waals surface area contributed by atoms with E-state index >= 15 is 0 Å². The van der Waals surface area contributed by atoms with Gasteiger partial charge in [-0.15, -0.1) is 0 Å². The lowest BCUT2D eigenvalue weighted by atomic mass is 10.2. The Balaban J connectivity index is 1.67. The van der Waals surface area contributed by atoms with E-state index in [-0.39, 0.29) is 17.3 Å². The van der Waals surface area contributed by atoms with E-state index in [2.05, 4.69) is 37.7 Å². The number of nitrogens with one attached hydrogen (secondary N) is 1. The van der Waals surface area contributed by atoms with Crippen molar-refractivity contribution in [3.63, 3.8) is 0 Å². The fraction of sp³-hybridized carbons (Fsp3) is 0.474. The number of rotatable bonds is 6. The van der Waals surface area contributed by atoms with Crippen LogP contribution in [0.2, 0.25) is 0 Å². The maximum atomic E-state index is 12.5. The number of aromatic nitrogens is 2. The van der Waals surface area contributed by atoms with Crippen LogP contribution in [0.3, 0.4) is 0 Å². The first-order valence-corrected chi connectivity index (χ1v) is 10.5. The third-order valence-electron chi connectivity index (χ3n) is 4.60. The number of imidazole rings is 1. The molecule has 0 radical (unpaired) electrons. The number of ether oxygens (including phenoxy) is 1. The largest absolute Gasteiger partial charge is 0.376 e. The summed E-state index contributed by atoms with van der Waals surface area (Å²) in [5, 5.41) is 3.60. The summed E-state index contributed by atoms with van der Waals surface area (Å²) in [6.07, 6.45) is 2.44. The topological polar surface area (TPSA) is 56.2 Å². The molecule has 0 aliphatic carbocycles. The Hall–Kier alpha value is -1.31. The second kappa shape index (κ2) is 8.59. The van der Waals surface area contributed by atoms with Crippen molar-refractivity contribution < 1.29 is 9.53 Å². The molecule has 1 saturated heterocycles. The number of carbonyl (C=O) groups is 1. The molecule has 3 rings (SSSR count). The molecule has 0 bridgehead atoms. The van der Waals surface area contributed by atoms with Gasteiger partial charge < -0.3 is 14.6 Å². The van der Waals surface area contributed by atoms with Crippen LogP contribution >= 0.6 is 27.7 Å². The van der Waals surface area contributed by atoms with E-state index in [9.17, 15) is 4.79 Å². The van der Waals surface area contributed by atoms with Crippen molar-refractivity contribution in [3.05, 3.63) is 40.1 Å². The number of hydrogen-bond acceptors (Lipinski definition) is 4. The Bertz CT molecular complexity index is 770. The molecule has 2 unspecified atom stereocenters. The quantitative estimate of drug-likeness (QED) is 0.672. The number of carbonyl (C=O) groups excluding carboxylic acids is 1. The van der Waals surface area contributed by atoms with Crippen LogP contribution in [0.5, 0.6) is 0 Å². The Morgan fingerprint density at radius 2 is 2.15 bits per heavy atom. The van der Waals surface area contributed by atoms with Crippen LogP contribution < -0.4 is 5.32 Å². The normalized spacial score (nSPS) is 18.1. The van der Waals surface area contributed by atoms with E-state index in [0.717, 1.165) is 52.7 Å². The molecule has 2 aromatic rings. The molecule has 5 nitrogen and oxygen atoms in total. The molecule has 1 aromatic carbocycles. The molecule has 1 amide bonds. The third-order valence-corrected chi connectivity index (χ3v) is 6.21. The Kier molecular flexibility index (Phi) is 6.42. The first-order valence-electron chi connectivity index (χ1n) is 8.82. The highest BCUT2D eigenvalue weighted by atomic mass is 79.9. The number of amides is 1. The molecular formula is C19H24BrN3O2S. The van der Waals surface area contributed by atoms with Crippen molar-refractivity contribution in [2.24, 2.45) is 0 Å². The average Bonchev–Trinajstić information content (AvgIpc) is 3.21. The minimum atomic E-state index is -0.247. The summed E-state index contributed by atoms with van der Waals surface area (Å²) >= 11 is 4.89. The number of nitrogens with zero attached hydrogens (tertiary/aromatic N) is 2. The molecule has 1 aliphatic heterocycles. The van der Waals surface area contributed by atoms with Gasteiger partial charge in [0.05, 0.1) is 23.6 Å². The van der Waals surface area contributed by atoms with Crippen LogP contribution in [-0.2, 0) is 16.1 Å². The molecule has 1 aliphatic rings. The van der Waals surface area contributed by atoms with Crippen molar-refractivity contribution in [1.82, 2.24) is 9.55 Å². The Labute approximate surface area is 167 Å². The predicted molar refractivity (Wildman–Crippen MR) is 109 cm³/mol. The van der Waals surface area contributed by atoms with Crippen molar-refractivity contribution in [2.75, 3.05) is 11.9 Å². The molecule has 1 aromatic heterocycles. The second-order valence-electron chi connectivity index (χ2n) is 6.57. The summed E-state index contributed by atoms with van der Waals surface area (Å²) in [4.78, 5) is 17.2. The third kappa shape index (κ3) is 4.69. The van der Waals surface area contributed by atoms with E-state index in [1.165, 1.54) is 11.8 Å². The minimum absolute atomic E-state index is 0.0284. The van der Waals surface area contributed by atoms with Gasteiger partial charge in [0, 0.05) is 22.5 Å². The molecular weight excluding hydrogens is 414 g/mol. The van der Waals surface area contributed by atoms with Crippen LogP contribution in [0.4, 0.5) is 5.69 Å². The number of thioether (sulfide) groups is 1. The van der Waals surface area contributed by atoms with Crippen LogP contribution in [0.1, 0.15) is 31.2 Å². The van der Waals surface area contributed by atoms with Gasteiger partial charge in [-0.25, -0.2) is 4.98 Å². The standard InChI is InChI=1S/C19H24BrN3O2S/c1-12-13(2)23(11-17-5-4-10-25-17)19(21-12)26-14(3)18(24)22-16-8-6-15(20)7-9-16/h6-9,14,17H,4-5,10-11H2,1-3H3,(H,22,24). The van der Waals surface area contributed by atoms with Gasteiger partial charge >= 0.3 is 0 Å². The highest BCUT2D eigenvalue weighted by Crippen LogP contribution is 2.28. The van der Waals surface area contributed by atoms with Gasteiger partial charge in [0.25, 0.3) is 0 Å². The number of benzene rings is 1. The lowest BCUT2D eigenvalue weighted by molar-refractivity contribution is -0.115. The van der Waals surface area contributed by atoms with Crippen LogP contribution in [0.25, 0.3) is 0 Å². The molecule has 1 fully saturated rings. The van der Waals surface area contributed by atoms with Crippen LogP contribution in [0.15, 0.2) is 33.9 Å². The molecule has 26 heavy (non-hydrogen) atoms. The highest BCUT2D eigenvalue weighted by Gasteiger charge is 2.23. The van der Waals surface area contributed by atoms with Crippen molar-refractivity contribution in [1.29, 1.82) is 0 Å². The van der Waals surface area contributed by atoms with E-state index in [0.29, 0.717) is 0 Å². The molecule has 2 atom stereocenters. The summed E-state index contributed by atoms with van der Waals surface area (Å²) in [5.41, 5.74) is 2.94. The van der Waals surface area contributed by atoms with Gasteiger partial charge in [-0.05, 0) is 57.9 Å². The van der Waals surface area contributed by atoms with Gasteiger partial charge in [-0.2, -0.15) is 0 Å². The molecule has 2 heterocycles. The monoisotopic (exact) mass is 437 g/mol. The van der Waals surface area contributed by atoms with Crippen molar-refractivity contribution in [3.8, 4) is 0 Å². The van der Waals surface area contributed by atoms with Crippen LogP contribution in [-0.4, -0.2) is 33.4 Å². The van der Waals surface area contributed by atoms with Crippen molar-refractivity contribution >= 4 is 39.3 Å². The summed E-state index contributed by atoms with van der Waals surface area (Å²) in [7, 11) is 0. The zero-order chi connectivity index (χ0) is 18.7. The number of halogens is 1. The number of hydrogen-bond donors (Lipinski definition) is 1. The van der Waals surface area contributed by atoms with E-state index in [4.69, 9.17) is 4.74 Å². The zero-order valence-corrected chi connectivity index (χ0v) is 17.7. The average molecular weight is 438 g/mol. The van der Waals surface area contributed by atoms with Crippen molar-refractivity contribution in [2.45, 2.75) is 56.7 Å². The van der Waals surface area contributed by atoms with Gasteiger partial charge in [0.1, 0.15) is 0 Å². The summed E-state index contributed by atoms with van der Waals surface area (Å²) in [5.74, 6) is -0.0284. The number of anilines is 1. The Morgan fingerprint density at radius 1 is 1.42 bits per heavy atom. The summed E-state index contributed by atoms with van der Waals surface area (Å²) in [6.45, 7) is 7.64. The van der Waals surface area contributed by atoms with Gasteiger partial charge in [0.2, 0.25) is 5.91 Å². The molecule has 7 heteroatoms. The minimum Gasteiger partial charge on any atom is -0.376 e. The maximum Gasteiger partial charge on any atom is 0.237 e. The lowest BCUT2D eigenvalue weighted by Gasteiger charge is -2.16. The molecule has 140 valence electrons. The van der Waals surface area contributed by atoms with Crippen LogP contribution in [0, 0.1) is 13.8 Å². The second-order valence-corrected chi connectivity index (χ2v) is 8.79. The summed E-state index contributed by atoms with van der Waals surface area (Å²) in [6, 6.07) is 7.58. The number of aryl methyl sites for hydroxylation is 1. The van der Waals surface area contributed by atoms with Gasteiger partial charge in [-0.1, -0.05) is 27.7 Å². The fourth-order valence-corrected chi connectivity index (χ4v) is 4.18. The molecule has 1 N–H and O–H groups in total. The molecule has 0 spiro atoms. The van der Waals surface area contributed by atoms with Gasteiger partial charge in [-0.3, -0.25) is 4.79 Å². The first kappa shape index (κ1) is 19.5. The first-order chi connectivity index (χ1) is 12.4. The van der Waals surface area contributed by atoms with E-state index in [1.807, 2.05) is 38.1 Å². The fourth-order valence-electron chi connectivity index (χ4n) is 2.91. The molecule has 0 saturated carbocycles. The lowest BCUT2D eigenvalue weighted by Crippen LogP contribution is -2.23. The smallest absolute Gasteiger partial charge is 0.237 e. The maximum absolute atomic E-state index is 12.5.